The van der Waals surface area contributed by atoms with Crippen LogP contribution in [0.25, 0.3) is 0 Å². The number of hydrogen-bond donors (Lipinski definition) is 0. The molecule has 1 amide bonds. The molecular formula is C16H19N3O4S. The molecule has 0 radical (unpaired) electrons. The van der Waals surface area contributed by atoms with E-state index in [4.69, 9.17) is 4.74 Å². The molecule has 0 saturated carbocycles. The molecule has 0 bridgehead atoms. The summed E-state index contributed by atoms with van der Waals surface area (Å²) in [4.78, 5) is 14.7. The molecular weight excluding hydrogens is 330 g/mol. The molecule has 2 heterocycles. The van der Waals surface area contributed by atoms with Gasteiger partial charge in [-0.15, -0.1) is 0 Å². The van der Waals surface area contributed by atoms with E-state index in [0.29, 0.717) is 30.3 Å². The summed E-state index contributed by atoms with van der Waals surface area (Å²) in [6.07, 6.45) is 2.72. The molecule has 2 aromatic rings. The highest BCUT2D eigenvalue weighted by molar-refractivity contribution is 7.90. The van der Waals surface area contributed by atoms with E-state index in [-0.39, 0.29) is 16.8 Å². The van der Waals surface area contributed by atoms with Gasteiger partial charge < -0.3 is 9.64 Å². The first-order chi connectivity index (χ1) is 11.3. The average Bonchev–Trinajstić information content (AvgIpc) is 3.02. The predicted octanol–water partition coefficient (Wildman–Crippen LogP) is 1.91. The Morgan fingerprint density at radius 2 is 2.04 bits per heavy atom. The van der Waals surface area contributed by atoms with Gasteiger partial charge in [0.1, 0.15) is 18.1 Å². The average molecular weight is 349 g/mol. The molecule has 0 fully saturated rings. The summed E-state index contributed by atoms with van der Waals surface area (Å²) in [6.45, 7) is 4.59. The molecule has 1 aromatic heterocycles. The van der Waals surface area contributed by atoms with Crippen LogP contribution in [0.2, 0.25) is 0 Å². The minimum absolute atomic E-state index is 0.0433. The zero-order chi connectivity index (χ0) is 17.5. The number of nitrogens with zero attached hydrogens (tertiary/aromatic N) is 3. The third kappa shape index (κ3) is 2.89. The fourth-order valence-electron chi connectivity index (χ4n) is 2.67. The summed E-state index contributed by atoms with van der Waals surface area (Å²) in [5.41, 5.74) is 0.924. The van der Waals surface area contributed by atoms with Crippen LogP contribution in [-0.2, 0) is 9.84 Å². The van der Waals surface area contributed by atoms with Gasteiger partial charge in [0, 0.05) is 18.5 Å². The van der Waals surface area contributed by atoms with Crippen molar-refractivity contribution in [2.45, 2.75) is 24.8 Å². The Morgan fingerprint density at radius 3 is 2.71 bits per heavy atom. The van der Waals surface area contributed by atoms with Crippen LogP contribution in [-0.4, -0.2) is 43.5 Å². The second-order valence-corrected chi connectivity index (χ2v) is 7.98. The molecule has 0 spiro atoms. The maximum absolute atomic E-state index is 13.0. The first-order valence-corrected chi connectivity index (χ1v) is 9.50. The van der Waals surface area contributed by atoms with Gasteiger partial charge in [-0.1, -0.05) is 0 Å². The maximum atomic E-state index is 13.0. The summed E-state index contributed by atoms with van der Waals surface area (Å²) >= 11 is 0. The zero-order valence-electron chi connectivity index (χ0n) is 13.8. The molecule has 1 aliphatic heterocycles. The monoisotopic (exact) mass is 349 g/mol. The van der Waals surface area contributed by atoms with Crippen LogP contribution >= 0.6 is 0 Å². The molecule has 1 aliphatic rings. The number of amides is 1. The molecule has 7 nitrogen and oxygen atoms in total. The number of hydrogen-bond acceptors (Lipinski definition) is 5. The molecule has 0 N–H and O–H groups in total. The van der Waals surface area contributed by atoms with Gasteiger partial charge in [0.2, 0.25) is 0 Å². The number of anilines is 1. The lowest BCUT2D eigenvalue weighted by molar-refractivity contribution is 0.0964. The van der Waals surface area contributed by atoms with Crippen molar-refractivity contribution in [2.75, 3.05) is 24.3 Å². The van der Waals surface area contributed by atoms with Crippen molar-refractivity contribution >= 4 is 21.4 Å². The molecule has 8 heteroatoms. The lowest BCUT2D eigenvalue weighted by atomic mass is 10.2. The quantitative estimate of drug-likeness (QED) is 0.845. The number of aromatic nitrogens is 2. The number of rotatable bonds is 3. The van der Waals surface area contributed by atoms with Gasteiger partial charge >= 0.3 is 0 Å². The van der Waals surface area contributed by atoms with E-state index in [1.807, 2.05) is 13.8 Å². The number of ether oxygens (including phenoxy) is 1. The second-order valence-electron chi connectivity index (χ2n) is 5.96. The maximum Gasteiger partial charge on any atom is 0.276 e. The molecule has 128 valence electrons. The Morgan fingerprint density at radius 1 is 1.29 bits per heavy atom. The Balaban J connectivity index is 2.05. The molecule has 1 aromatic carbocycles. The molecule has 0 unspecified atom stereocenters. The van der Waals surface area contributed by atoms with Crippen LogP contribution in [0.3, 0.4) is 0 Å². The smallest absolute Gasteiger partial charge is 0.276 e. The number of benzene rings is 1. The van der Waals surface area contributed by atoms with Crippen LogP contribution in [0.4, 0.5) is 5.69 Å². The predicted molar refractivity (Wildman–Crippen MR) is 89.3 cm³/mol. The van der Waals surface area contributed by atoms with Gasteiger partial charge in [-0.3, -0.25) is 9.48 Å². The van der Waals surface area contributed by atoms with Crippen LogP contribution in [0.5, 0.6) is 5.75 Å². The minimum atomic E-state index is -3.37. The fourth-order valence-corrected chi connectivity index (χ4v) is 3.31. The van der Waals surface area contributed by atoms with Gasteiger partial charge in [0.05, 0.1) is 17.1 Å². The lowest BCUT2D eigenvalue weighted by Gasteiger charge is -2.30. The first-order valence-electron chi connectivity index (χ1n) is 7.61. The van der Waals surface area contributed by atoms with Crippen molar-refractivity contribution in [2.24, 2.45) is 0 Å². The highest BCUT2D eigenvalue weighted by Gasteiger charge is 2.28. The van der Waals surface area contributed by atoms with Gasteiger partial charge in [0.15, 0.2) is 9.84 Å². The van der Waals surface area contributed by atoms with Gasteiger partial charge in [-0.25, -0.2) is 8.42 Å². The van der Waals surface area contributed by atoms with Crippen LogP contribution in [0.1, 0.15) is 30.4 Å². The summed E-state index contributed by atoms with van der Waals surface area (Å²) in [5.74, 6) is 0.272. The van der Waals surface area contributed by atoms with Crippen LogP contribution in [0.15, 0.2) is 35.4 Å². The number of fused-ring (bicyclic) bond motifs is 1. The van der Waals surface area contributed by atoms with E-state index in [0.717, 1.165) is 6.26 Å². The molecule has 0 saturated heterocycles. The van der Waals surface area contributed by atoms with Crippen LogP contribution < -0.4 is 9.64 Å². The van der Waals surface area contributed by atoms with Crippen LogP contribution in [0, 0.1) is 0 Å². The van der Waals surface area contributed by atoms with Crippen molar-refractivity contribution in [3.63, 3.8) is 0 Å². The van der Waals surface area contributed by atoms with E-state index in [1.165, 1.54) is 12.1 Å². The van der Waals surface area contributed by atoms with Crippen molar-refractivity contribution < 1.29 is 17.9 Å². The van der Waals surface area contributed by atoms with E-state index >= 15 is 0 Å². The Labute approximate surface area is 140 Å². The largest absolute Gasteiger partial charge is 0.490 e. The summed E-state index contributed by atoms with van der Waals surface area (Å²) in [6, 6.07) is 6.27. The molecule has 0 aliphatic carbocycles. The van der Waals surface area contributed by atoms with Gasteiger partial charge in [-0.05, 0) is 38.1 Å². The number of carbonyl (C=O) groups is 1. The molecule has 0 atom stereocenters. The normalized spacial score (nSPS) is 14.4. The van der Waals surface area contributed by atoms with Gasteiger partial charge in [0.25, 0.3) is 5.91 Å². The summed E-state index contributed by atoms with van der Waals surface area (Å²) in [7, 11) is -3.37. The topological polar surface area (TPSA) is 81.5 Å². The summed E-state index contributed by atoms with van der Waals surface area (Å²) < 4.78 is 30.8. The third-order valence-electron chi connectivity index (χ3n) is 3.85. The second kappa shape index (κ2) is 5.94. The number of sulfone groups is 1. The van der Waals surface area contributed by atoms with Crippen molar-refractivity contribution in [3.05, 3.63) is 36.2 Å². The first kappa shape index (κ1) is 16.5. The molecule has 3 rings (SSSR count). The van der Waals surface area contributed by atoms with E-state index in [1.54, 1.807) is 27.9 Å². The van der Waals surface area contributed by atoms with E-state index in [2.05, 4.69) is 5.10 Å². The van der Waals surface area contributed by atoms with Crippen molar-refractivity contribution in [1.82, 2.24) is 9.78 Å². The standard InChI is InChI=1S/C16H19N3O4S/c1-11(2)19-13(6-7-17-19)16(20)18-8-9-23-15-5-4-12(10-14(15)18)24(3,21)22/h4-7,10-11H,8-9H2,1-3H3. The SMILES string of the molecule is CC(C)n1nccc1C(=O)N1CCOc2ccc(S(C)(=O)=O)cc21. The Hall–Kier alpha value is -2.35. The minimum Gasteiger partial charge on any atom is -0.490 e. The third-order valence-corrected chi connectivity index (χ3v) is 4.96. The number of carbonyl (C=O) groups excluding carboxylic acids is 1. The van der Waals surface area contributed by atoms with Crippen molar-refractivity contribution in [3.8, 4) is 5.75 Å². The molecule has 24 heavy (non-hydrogen) atoms. The van der Waals surface area contributed by atoms with E-state index < -0.39 is 9.84 Å². The van der Waals surface area contributed by atoms with E-state index in [9.17, 15) is 13.2 Å². The fraction of sp³-hybridized carbons (Fsp3) is 0.375. The highest BCUT2D eigenvalue weighted by Crippen LogP contribution is 2.34. The lowest BCUT2D eigenvalue weighted by Crippen LogP contribution is -2.39. The van der Waals surface area contributed by atoms with Crippen molar-refractivity contribution in [1.29, 1.82) is 0 Å². The summed E-state index contributed by atoms with van der Waals surface area (Å²) in [5, 5.41) is 4.19. The highest BCUT2D eigenvalue weighted by atomic mass is 32.2. The van der Waals surface area contributed by atoms with Gasteiger partial charge in [-0.2, -0.15) is 5.10 Å². The zero-order valence-corrected chi connectivity index (χ0v) is 14.6. The Kier molecular flexibility index (Phi) is 4.08. The Bertz CT molecular complexity index is 886.